The molecule has 3 nitrogen and oxygen atoms in total. The molecule has 1 N–H and O–H groups in total. The summed E-state index contributed by atoms with van der Waals surface area (Å²) in [5.74, 6) is -8.89. The van der Waals surface area contributed by atoms with E-state index in [2.05, 4.69) is 9.99 Å². The van der Waals surface area contributed by atoms with Crippen LogP contribution in [-0.4, -0.2) is 29.0 Å². The molecule has 1 aliphatic heterocycles. The van der Waals surface area contributed by atoms with Crippen molar-refractivity contribution in [1.29, 1.82) is 0 Å². The first-order valence-electron chi connectivity index (χ1n) is 4.53. The third-order valence-electron chi connectivity index (χ3n) is 2.85. The molecule has 0 bridgehead atoms. The summed E-state index contributed by atoms with van der Waals surface area (Å²) < 4.78 is 50.4. The van der Waals surface area contributed by atoms with Gasteiger partial charge in [0.05, 0.1) is 11.6 Å². The van der Waals surface area contributed by atoms with Crippen LogP contribution < -0.4 is 0 Å². The normalized spacial score (nSPS) is 35.3. The number of oxime groups is 1. The maximum absolute atomic E-state index is 13.1. The number of halogens is 4. The quantitative estimate of drug-likeness (QED) is 0.730. The Morgan fingerprint density at radius 3 is 2.80 bits per heavy atom. The summed E-state index contributed by atoms with van der Waals surface area (Å²) in [5, 5.41) is 12.7. The van der Waals surface area contributed by atoms with Gasteiger partial charge in [-0.25, -0.2) is 8.78 Å². The Hall–Kier alpha value is -0.850. The lowest BCUT2D eigenvalue weighted by molar-refractivity contribution is -0.352. The summed E-state index contributed by atoms with van der Waals surface area (Å²) in [6, 6.07) is 0. The Balaban J connectivity index is 2.29. The van der Waals surface area contributed by atoms with Gasteiger partial charge in [-0.15, -0.1) is 0 Å². The molecule has 2 atom stereocenters. The summed E-state index contributed by atoms with van der Waals surface area (Å²) in [6.07, 6.45) is -2.82. The average molecular weight is 227 g/mol. The van der Waals surface area contributed by atoms with Crippen molar-refractivity contribution in [2.45, 2.75) is 37.4 Å². The van der Waals surface area contributed by atoms with Gasteiger partial charge in [-0.2, -0.15) is 8.78 Å². The second-order valence-electron chi connectivity index (χ2n) is 3.74. The van der Waals surface area contributed by atoms with E-state index in [-0.39, 0.29) is 12.1 Å². The van der Waals surface area contributed by atoms with Crippen LogP contribution in [0.1, 0.15) is 19.3 Å². The van der Waals surface area contributed by atoms with E-state index in [0.29, 0.717) is 12.8 Å². The minimum atomic E-state index is -4.60. The van der Waals surface area contributed by atoms with Gasteiger partial charge in [0.2, 0.25) is 0 Å². The molecule has 2 rings (SSSR count). The van der Waals surface area contributed by atoms with Crippen molar-refractivity contribution < 1.29 is 27.5 Å². The van der Waals surface area contributed by atoms with Crippen molar-refractivity contribution in [3.05, 3.63) is 0 Å². The predicted octanol–water partition coefficient (Wildman–Crippen LogP) is 1.76. The van der Waals surface area contributed by atoms with Gasteiger partial charge in [0.15, 0.2) is 0 Å². The number of alkyl halides is 4. The molecule has 86 valence electrons. The molecule has 1 heterocycles. The van der Waals surface area contributed by atoms with E-state index in [9.17, 15) is 22.7 Å². The minimum Gasteiger partial charge on any atom is -0.353 e. The molecule has 0 aromatic carbocycles. The Morgan fingerprint density at radius 2 is 2.20 bits per heavy atom. The highest BCUT2D eigenvalue weighted by Gasteiger charge is 2.69. The molecular weight excluding hydrogens is 218 g/mol. The largest absolute Gasteiger partial charge is 0.373 e. The summed E-state index contributed by atoms with van der Waals surface area (Å²) in [6.45, 7) is 0. The zero-order valence-corrected chi connectivity index (χ0v) is 7.59. The van der Waals surface area contributed by atoms with Gasteiger partial charge in [0.1, 0.15) is 0 Å². The number of hydrogen-bond acceptors (Lipinski definition) is 3. The summed E-state index contributed by atoms with van der Waals surface area (Å²) in [5.41, 5.74) is 0.248. The van der Waals surface area contributed by atoms with Crippen LogP contribution in [0.3, 0.4) is 0 Å². The van der Waals surface area contributed by atoms with Gasteiger partial charge < -0.3 is 9.94 Å². The molecule has 1 saturated carbocycles. The molecule has 15 heavy (non-hydrogen) atoms. The third-order valence-corrected chi connectivity index (χ3v) is 2.85. The highest BCUT2D eigenvalue weighted by Crippen LogP contribution is 2.48. The Kier molecular flexibility index (Phi) is 2.18. The molecule has 0 spiro atoms. The van der Waals surface area contributed by atoms with E-state index >= 15 is 0 Å². The fourth-order valence-electron chi connectivity index (χ4n) is 2.00. The summed E-state index contributed by atoms with van der Waals surface area (Å²) in [7, 11) is 0. The van der Waals surface area contributed by atoms with Crippen LogP contribution in [0.5, 0.6) is 0 Å². The fourth-order valence-corrected chi connectivity index (χ4v) is 2.00. The summed E-state index contributed by atoms with van der Waals surface area (Å²) in [4.78, 5) is 4.15. The number of rotatable bonds is 2. The van der Waals surface area contributed by atoms with E-state index in [0.717, 1.165) is 0 Å². The van der Waals surface area contributed by atoms with Crippen LogP contribution in [0.25, 0.3) is 0 Å². The maximum Gasteiger partial charge on any atom is 0.373 e. The van der Waals surface area contributed by atoms with Crippen LogP contribution in [0.4, 0.5) is 17.6 Å². The molecule has 0 amide bonds. The highest BCUT2D eigenvalue weighted by molar-refractivity contribution is 5.90. The van der Waals surface area contributed by atoms with Crippen LogP contribution in [-0.2, 0) is 4.84 Å². The number of aliphatic hydroxyl groups is 1. The Morgan fingerprint density at radius 1 is 1.53 bits per heavy atom. The molecule has 1 aliphatic carbocycles. The molecule has 1 fully saturated rings. The van der Waals surface area contributed by atoms with Crippen LogP contribution in [0, 0.1) is 5.92 Å². The van der Waals surface area contributed by atoms with Crippen LogP contribution in [0.15, 0.2) is 5.16 Å². The van der Waals surface area contributed by atoms with E-state index in [1.54, 1.807) is 0 Å². The molecular formula is C8H9F4NO2. The smallest absolute Gasteiger partial charge is 0.353 e. The van der Waals surface area contributed by atoms with Gasteiger partial charge in [-0.1, -0.05) is 5.16 Å². The Labute approximate surface area is 82.7 Å². The lowest BCUT2D eigenvalue weighted by Crippen LogP contribution is -2.57. The number of hydrogen-bond donors (Lipinski definition) is 1. The van der Waals surface area contributed by atoms with Crippen molar-refractivity contribution in [2.24, 2.45) is 11.1 Å². The van der Waals surface area contributed by atoms with Gasteiger partial charge >= 0.3 is 18.1 Å². The van der Waals surface area contributed by atoms with Crippen LogP contribution in [0.2, 0.25) is 0 Å². The van der Waals surface area contributed by atoms with E-state index in [1.165, 1.54) is 0 Å². The first-order chi connectivity index (χ1) is 6.89. The molecule has 2 aliphatic rings. The molecule has 2 unspecified atom stereocenters. The number of fused-ring (bicyclic) bond motifs is 1. The summed E-state index contributed by atoms with van der Waals surface area (Å²) >= 11 is 0. The van der Waals surface area contributed by atoms with Crippen molar-refractivity contribution in [2.75, 3.05) is 0 Å². The van der Waals surface area contributed by atoms with Crippen LogP contribution >= 0.6 is 0 Å². The zero-order valence-electron chi connectivity index (χ0n) is 7.59. The van der Waals surface area contributed by atoms with E-state index < -0.39 is 24.1 Å². The predicted molar refractivity (Wildman–Crippen MR) is 41.8 cm³/mol. The van der Waals surface area contributed by atoms with Crippen molar-refractivity contribution in [3.8, 4) is 0 Å². The van der Waals surface area contributed by atoms with Crippen molar-refractivity contribution in [3.63, 3.8) is 0 Å². The monoisotopic (exact) mass is 227 g/mol. The minimum absolute atomic E-state index is 0.192. The molecule has 0 aromatic heterocycles. The Bertz CT molecular complexity index is 307. The lowest BCUT2D eigenvalue weighted by Gasteiger charge is -2.32. The van der Waals surface area contributed by atoms with Gasteiger partial charge in [-0.05, 0) is 19.3 Å². The standard InChI is InChI=1S/C8H9F4NO2/c9-6(10)7(11,12)8(14)4-2-1-3-5(4)13-15-8/h4,6,14H,1-3H2. The topological polar surface area (TPSA) is 41.8 Å². The highest BCUT2D eigenvalue weighted by atomic mass is 19.3. The molecule has 0 aromatic rings. The van der Waals surface area contributed by atoms with E-state index in [4.69, 9.17) is 0 Å². The van der Waals surface area contributed by atoms with Crippen molar-refractivity contribution in [1.82, 2.24) is 0 Å². The fraction of sp³-hybridized carbons (Fsp3) is 0.875. The zero-order chi connectivity index (χ0) is 11.3. The number of nitrogens with zero attached hydrogens (tertiary/aromatic N) is 1. The molecule has 0 saturated heterocycles. The van der Waals surface area contributed by atoms with Gasteiger partial charge in [-0.3, -0.25) is 0 Å². The average Bonchev–Trinajstić information content (AvgIpc) is 2.70. The first kappa shape index (κ1) is 10.7. The third kappa shape index (κ3) is 1.25. The van der Waals surface area contributed by atoms with Gasteiger partial charge in [0, 0.05) is 0 Å². The second kappa shape index (κ2) is 3.07. The first-order valence-corrected chi connectivity index (χ1v) is 4.53. The maximum atomic E-state index is 13.1. The molecule has 0 radical (unpaired) electrons. The second-order valence-corrected chi connectivity index (χ2v) is 3.74. The van der Waals surface area contributed by atoms with Crippen molar-refractivity contribution >= 4 is 5.71 Å². The molecule has 7 heteroatoms. The van der Waals surface area contributed by atoms with E-state index in [1.807, 2.05) is 0 Å². The lowest BCUT2D eigenvalue weighted by atomic mass is 9.91. The van der Waals surface area contributed by atoms with Gasteiger partial charge in [0.25, 0.3) is 0 Å². The SMILES string of the molecule is OC1(C(F)(F)C(F)F)ON=C2CCCC21.